The topological polar surface area (TPSA) is 39.1 Å². The molecule has 3 rings (SSSR count). The summed E-state index contributed by atoms with van der Waals surface area (Å²) in [5.74, 6) is 0.691. The summed E-state index contributed by atoms with van der Waals surface area (Å²) in [6.45, 7) is 0.882. The van der Waals surface area contributed by atoms with Crippen molar-refractivity contribution in [3.63, 3.8) is 0 Å². The molecule has 1 aliphatic carbocycles. The number of aromatic nitrogens is 1. The molecule has 17 heavy (non-hydrogen) atoms. The lowest BCUT2D eigenvalue weighted by molar-refractivity contribution is 0.607. The van der Waals surface area contributed by atoms with E-state index in [2.05, 4.69) is 0 Å². The Bertz CT molecular complexity index is 671. The SMILES string of the molecule is O=S(=O)(Cl)c1cn(CC2CC2)c2ccccc12. The highest BCUT2D eigenvalue weighted by Gasteiger charge is 2.24. The third-order valence-electron chi connectivity index (χ3n) is 3.17. The Morgan fingerprint density at radius 1 is 1.29 bits per heavy atom. The zero-order chi connectivity index (χ0) is 12.0. The van der Waals surface area contributed by atoms with Crippen LogP contribution in [0.2, 0.25) is 0 Å². The Morgan fingerprint density at radius 2 is 2.00 bits per heavy atom. The number of hydrogen-bond donors (Lipinski definition) is 0. The molecular weight excluding hydrogens is 258 g/mol. The molecule has 3 nitrogen and oxygen atoms in total. The summed E-state index contributed by atoms with van der Waals surface area (Å²) in [7, 11) is 1.79. The monoisotopic (exact) mass is 269 g/mol. The molecule has 1 saturated carbocycles. The molecule has 1 aromatic carbocycles. The highest BCUT2D eigenvalue weighted by atomic mass is 35.7. The van der Waals surface area contributed by atoms with Crippen molar-refractivity contribution in [1.82, 2.24) is 4.57 Å². The largest absolute Gasteiger partial charge is 0.346 e. The van der Waals surface area contributed by atoms with Crippen molar-refractivity contribution in [1.29, 1.82) is 0 Å². The number of benzene rings is 1. The maximum absolute atomic E-state index is 11.5. The van der Waals surface area contributed by atoms with Gasteiger partial charge in [0.05, 0.1) is 0 Å². The lowest BCUT2D eigenvalue weighted by Crippen LogP contribution is -1.97. The van der Waals surface area contributed by atoms with Crippen LogP contribution in [0.3, 0.4) is 0 Å². The van der Waals surface area contributed by atoms with Crippen LogP contribution in [0.1, 0.15) is 12.8 Å². The fraction of sp³-hybridized carbons (Fsp3) is 0.333. The number of para-hydroxylation sites is 1. The van der Waals surface area contributed by atoms with Gasteiger partial charge >= 0.3 is 0 Å². The molecule has 0 atom stereocenters. The Morgan fingerprint density at radius 3 is 2.65 bits per heavy atom. The standard InChI is InChI=1S/C12H12ClNO2S/c13-17(15,16)12-8-14(7-9-5-6-9)11-4-2-1-3-10(11)12/h1-4,8-9H,5-7H2. The van der Waals surface area contributed by atoms with E-state index >= 15 is 0 Å². The van der Waals surface area contributed by atoms with E-state index in [0.717, 1.165) is 12.1 Å². The average Bonchev–Trinajstić information content (AvgIpc) is 2.99. The second-order valence-electron chi connectivity index (χ2n) is 4.54. The number of nitrogens with zero attached hydrogens (tertiary/aromatic N) is 1. The van der Waals surface area contributed by atoms with Gasteiger partial charge in [0, 0.05) is 34.3 Å². The normalized spacial score (nSPS) is 16.5. The smallest absolute Gasteiger partial charge is 0.263 e. The van der Waals surface area contributed by atoms with Crippen LogP contribution < -0.4 is 0 Å². The van der Waals surface area contributed by atoms with Gasteiger partial charge in [0.25, 0.3) is 9.05 Å². The van der Waals surface area contributed by atoms with Crippen LogP contribution in [0.25, 0.3) is 10.9 Å². The van der Waals surface area contributed by atoms with Gasteiger partial charge < -0.3 is 4.57 Å². The van der Waals surface area contributed by atoms with Crippen molar-refractivity contribution in [2.45, 2.75) is 24.3 Å². The highest BCUT2D eigenvalue weighted by Crippen LogP contribution is 2.34. The van der Waals surface area contributed by atoms with Crippen molar-refractivity contribution in [3.8, 4) is 0 Å². The molecule has 0 radical (unpaired) electrons. The van der Waals surface area contributed by atoms with Crippen LogP contribution in [0, 0.1) is 5.92 Å². The number of halogens is 1. The molecule has 2 aromatic rings. The first-order valence-corrected chi connectivity index (χ1v) is 7.89. The zero-order valence-electron chi connectivity index (χ0n) is 9.14. The van der Waals surface area contributed by atoms with E-state index in [0.29, 0.717) is 11.3 Å². The van der Waals surface area contributed by atoms with Crippen molar-refractivity contribution in [2.24, 2.45) is 5.92 Å². The summed E-state index contributed by atoms with van der Waals surface area (Å²) < 4.78 is 25.0. The van der Waals surface area contributed by atoms with E-state index in [4.69, 9.17) is 10.7 Å². The van der Waals surface area contributed by atoms with Gasteiger partial charge in [-0.2, -0.15) is 0 Å². The molecule has 1 heterocycles. The Labute approximate surface area is 104 Å². The summed E-state index contributed by atoms with van der Waals surface area (Å²) in [5, 5.41) is 0.711. The summed E-state index contributed by atoms with van der Waals surface area (Å²) in [4.78, 5) is 0.218. The van der Waals surface area contributed by atoms with Gasteiger partial charge in [0.15, 0.2) is 0 Å². The summed E-state index contributed by atoms with van der Waals surface area (Å²) in [6.07, 6.45) is 4.12. The van der Waals surface area contributed by atoms with Crippen LogP contribution in [0.4, 0.5) is 0 Å². The first kappa shape index (κ1) is 11.1. The van der Waals surface area contributed by atoms with Crippen molar-refractivity contribution in [3.05, 3.63) is 30.5 Å². The Kier molecular flexibility index (Phi) is 2.45. The minimum absolute atomic E-state index is 0.218. The van der Waals surface area contributed by atoms with Gasteiger partial charge in [0.2, 0.25) is 0 Å². The molecule has 0 spiro atoms. The fourth-order valence-electron chi connectivity index (χ4n) is 2.14. The van der Waals surface area contributed by atoms with Crippen LogP contribution in [-0.4, -0.2) is 13.0 Å². The van der Waals surface area contributed by atoms with Crippen LogP contribution >= 0.6 is 10.7 Å². The van der Waals surface area contributed by atoms with Crippen LogP contribution in [0.15, 0.2) is 35.4 Å². The third-order valence-corrected chi connectivity index (χ3v) is 4.52. The molecule has 1 aromatic heterocycles. The zero-order valence-corrected chi connectivity index (χ0v) is 10.7. The summed E-state index contributed by atoms with van der Waals surface area (Å²) >= 11 is 0. The van der Waals surface area contributed by atoms with E-state index in [1.54, 1.807) is 12.3 Å². The van der Waals surface area contributed by atoms with E-state index in [1.165, 1.54) is 12.8 Å². The van der Waals surface area contributed by atoms with Crippen molar-refractivity contribution < 1.29 is 8.42 Å². The van der Waals surface area contributed by atoms with Crippen molar-refractivity contribution in [2.75, 3.05) is 0 Å². The van der Waals surface area contributed by atoms with Gasteiger partial charge in [-0.25, -0.2) is 8.42 Å². The van der Waals surface area contributed by atoms with Crippen molar-refractivity contribution >= 4 is 30.6 Å². The van der Waals surface area contributed by atoms with Gasteiger partial charge in [-0.1, -0.05) is 18.2 Å². The minimum atomic E-state index is -3.67. The predicted molar refractivity (Wildman–Crippen MR) is 67.7 cm³/mol. The van der Waals surface area contributed by atoms with E-state index < -0.39 is 9.05 Å². The second kappa shape index (κ2) is 3.75. The maximum atomic E-state index is 11.5. The summed E-state index contributed by atoms with van der Waals surface area (Å²) in [5.41, 5.74) is 0.943. The molecule has 0 N–H and O–H groups in total. The Hall–Kier alpha value is -1.00. The molecule has 1 fully saturated rings. The lowest BCUT2D eigenvalue weighted by Gasteiger charge is -2.02. The van der Waals surface area contributed by atoms with E-state index in [-0.39, 0.29) is 4.90 Å². The molecule has 0 aliphatic heterocycles. The number of rotatable bonds is 3. The predicted octanol–water partition coefficient (Wildman–Crippen LogP) is 2.98. The molecule has 0 saturated heterocycles. The van der Waals surface area contributed by atoms with E-state index in [1.807, 2.05) is 22.8 Å². The quantitative estimate of drug-likeness (QED) is 0.804. The summed E-state index contributed by atoms with van der Waals surface area (Å²) in [6, 6.07) is 7.48. The number of fused-ring (bicyclic) bond motifs is 1. The second-order valence-corrected chi connectivity index (χ2v) is 7.08. The average molecular weight is 270 g/mol. The van der Waals surface area contributed by atoms with Gasteiger partial charge in [-0.3, -0.25) is 0 Å². The van der Waals surface area contributed by atoms with Gasteiger partial charge in [-0.05, 0) is 24.8 Å². The lowest BCUT2D eigenvalue weighted by atomic mass is 10.2. The molecule has 1 aliphatic rings. The molecule has 0 bridgehead atoms. The van der Waals surface area contributed by atoms with Crippen LogP contribution in [-0.2, 0) is 15.6 Å². The molecule has 0 amide bonds. The fourth-order valence-corrected chi connectivity index (χ4v) is 3.19. The first-order valence-electron chi connectivity index (χ1n) is 5.58. The highest BCUT2D eigenvalue weighted by molar-refractivity contribution is 8.14. The Balaban J connectivity index is 2.22. The maximum Gasteiger partial charge on any atom is 0.263 e. The molecule has 90 valence electrons. The molecular formula is C12H12ClNO2S. The minimum Gasteiger partial charge on any atom is -0.346 e. The first-order chi connectivity index (χ1) is 8.05. The third kappa shape index (κ3) is 2.07. The number of hydrogen-bond acceptors (Lipinski definition) is 2. The van der Waals surface area contributed by atoms with E-state index in [9.17, 15) is 8.42 Å². The van der Waals surface area contributed by atoms with Gasteiger partial charge in [-0.15, -0.1) is 0 Å². The van der Waals surface area contributed by atoms with Crippen LogP contribution in [0.5, 0.6) is 0 Å². The molecule has 5 heteroatoms. The molecule has 0 unspecified atom stereocenters. The van der Waals surface area contributed by atoms with Gasteiger partial charge in [0.1, 0.15) is 4.90 Å².